The smallest absolute Gasteiger partial charge is 0.166 e. The van der Waals surface area contributed by atoms with Crippen LogP contribution >= 0.6 is 0 Å². The predicted octanol–water partition coefficient (Wildman–Crippen LogP) is 3.20. The van der Waals surface area contributed by atoms with Gasteiger partial charge in [0.25, 0.3) is 0 Å². The van der Waals surface area contributed by atoms with Crippen molar-refractivity contribution in [1.29, 1.82) is 0 Å². The highest BCUT2D eigenvalue weighted by Crippen LogP contribution is 2.21. The van der Waals surface area contributed by atoms with Gasteiger partial charge in [0, 0.05) is 10.8 Å². The summed E-state index contributed by atoms with van der Waals surface area (Å²) in [4.78, 5) is 0. The molecule has 16 heavy (non-hydrogen) atoms. The van der Waals surface area contributed by atoms with Crippen LogP contribution in [0.2, 0.25) is 19.6 Å². The molecule has 0 unspecified atom stereocenters. The summed E-state index contributed by atoms with van der Waals surface area (Å²) >= 11 is 0. The van der Waals surface area contributed by atoms with Gasteiger partial charge in [-0.1, -0.05) is 55.1 Å². The fraction of sp³-hybridized carbons (Fsp3) is 0.308. The van der Waals surface area contributed by atoms with Crippen LogP contribution in [0.1, 0.15) is 5.69 Å². The maximum atomic E-state index is 5.49. The van der Waals surface area contributed by atoms with Gasteiger partial charge in [-0.2, -0.15) is 0 Å². The molecule has 2 rings (SSSR count). The lowest BCUT2D eigenvalue weighted by atomic mass is 10.2. The van der Waals surface area contributed by atoms with Crippen LogP contribution in [0.5, 0.6) is 0 Å². The van der Waals surface area contributed by atoms with Gasteiger partial charge in [-0.05, 0) is 6.92 Å². The van der Waals surface area contributed by atoms with E-state index in [-0.39, 0.29) is 0 Å². The molecule has 0 saturated heterocycles. The lowest BCUT2D eigenvalue weighted by Crippen LogP contribution is -2.39. The van der Waals surface area contributed by atoms with Crippen LogP contribution in [0.3, 0.4) is 0 Å². The first-order chi connectivity index (χ1) is 7.50. The van der Waals surface area contributed by atoms with E-state index in [0.29, 0.717) is 0 Å². The summed E-state index contributed by atoms with van der Waals surface area (Å²) in [5, 5.41) is 5.45. The zero-order valence-corrected chi connectivity index (χ0v) is 11.2. The van der Waals surface area contributed by atoms with Gasteiger partial charge >= 0.3 is 0 Å². The summed E-state index contributed by atoms with van der Waals surface area (Å²) in [7, 11) is -1.41. The van der Waals surface area contributed by atoms with Gasteiger partial charge in [-0.15, -0.1) is 0 Å². The van der Waals surface area contributed by atoms with Crippen molar-refractivity contribution >= 4 is 13.3 Å². The molecule has 0 aliphatic carbocycles. The van der Waals surface area contributed by atoms with Crippen molar-refractivity contribution in [2.45, 2.75) is 26.6 Å². The Bertz CT molecular complexity index is 482. The summed E-state index contributed by atoms with van der Waals surface area (Å²) in [6.07, 6.45) is 0. The summed E-state index contributed by atoms with van der Waals surface area (Å²) < 4.78 is 5.49. The number of rotatable bonds is 2. The SMILES string of the molecule is Cc1noc(-c2ccccc2)c1[Si](C)(C)C. The Morgan fingerprint density at radius 1 is 1.06 bits per heavy atom. The highest BCUT2D eigenvalue weighted by atomic mass is 28.3. The van der Waals surface area contributed by atoms with E-state index in [4.69, 9.17) is 4.52 Å². The molecule has 0 aliphatic heterocycles. The predicted molar refractivity (Wildman–Crippen MR) is 69.7 cm³/mol. The number of benzene rings is 1. The number of aromatic nitrogens is 1. The molecule has 0 amide bonds. The first-order valence-electron chi connectivity index (χ1n) is 5.52. The molecular weight excluding hydrogens is 214 g/mol. The van der Waals surface area contributed by atoms with E-state index in [1.165, 1.54) is 5.19 Å². The summed E-state index contributed by atoms with van der Waals surface area (Å²) in [6.45, 7) is 8.99. The Labute approximate surface area is 97.3 Å². The zero-order valence-electron chi connectivity index (χ0n) is 10.2. The van der Waals surface area contributed by atoms with Crippen molar-refractivity contribution in [3.8, 4) is 11.3 Å². The van der Waals surface area contributed by atoms with Crippen molar-refractivity contribution < 1.29 is 4.52 Å². The maximum absolute atomic E-state index is 5.49. The minimum absolute atomic E-state index is 0.956. The van der Waals surface area contributed by atoms with Crippen molar-refractivity contribution in [2.24, 2.45) is 0 Å². The normalized spacial score (nSPS) is 11.8. The second kappa shape index (κ2) is 3.90. The first kappa shape index (κ1) is 11.1. The average molecular weight is 231 g/mol. The van der Waals surface area contributed by atoms with Gasteiger partial charge in [-0.25, -0.2) is 0 Å². The first-order valence-corrected chi connectivity index (χ1v) is 9.02. The molecule has 0 fully saturated rings. The molecule has 0 spiro atoms. The minimum atomic E-state index is -1.41. The topological polar surface area (TPSA) is 26.0 Å². The molecule has 2 nitrogen and oxygen atoms in total. The highest BCUT2D eigenvalue weighted by Gasteiger charge is 2.27. The molecule has 1 heterocycles. The van der Waals surface area contributed by atoms with Crippen LogP contribution in [0.15, 0.2) is 34.9 Å². The van der Waals surface area contributed by atoms with Gasteiger partial charge in [0.15, 0.2) is 5.76 Å². The Kier molecular flexibility index (Phi) is 2.72. The van der Waals surface area contributed by atoms with E-state index < -0.39 is 8.07 Å². The van der Waals surface area contributed by atoms with Crippen LogP contribution in [-0.2, 0) is 0 Å². The number of nitrogens with zero attached hydrogens (tertiary/aromatic N) is 1. The molecular formula is C13H17NOSi. The van der Waals surface area contributed by atoms with Gasteiger partial charge in [0.2, 0.25) is 0 Å². The quantitative estimate of drug-likeness (QED) is 0.742. The molecule has 0 saturated carbocycles. The Balaban J connectivity index is 2.60. The van der Waals surface area contributed by atoms with Crippen LogP contribution in [0, 0.1) is 6.92 Å². The summed E-state index contributed by atoms with van der Waals surface area (Å²) in [5.41, 5.74) is 2.17. The molecule has 0 N–H and O–H groups in total. The molecule has 3 heteroatoms. The maximum Gasteiger partial charge on any atom is 0.166 e. The van der Waals surface area contributed by atoms with Crippen molar-refractivity contribution in [2.75, 3.05) is 0 Å². The van der Waals surface area contributed by atoms with Crippen LogP contribution in [-0.4, -0.2) is 13.2 Å². The molecule has 2 aromatic rings. The van der Waals surface area contributed by atoms with Crippen molar-refractivity contribution in [1.82, 2.24) is 5.16 Å². The van der Waals surface area contributed by atoms with E-state index >= 15 is 0 Å². The molecule has 0 bridgehead atoms. The standard InChI is InChI=1S/C13H17NOSi/c1-10-13(16(2,3)4)12(15-14-10)11-8-6-5-7-9-11/h5-9H,1-4H3. The van der Waals surface area contributed by atoms with Gasteiger partial charge in [-0.3, -0.25) is 0 Å². The second-order valence-corrected chi connectivity index (χ2v) is 10.1. The average Bonchev–Trinajstić information content (AvgIpc) is 2.61. The fourth-order valence-electron chi connectivity index (χ4n) is 2.04. The van der Waals surface area contributed by atoms with Gasteiger partial charge in [0.1, 0.15) is 0 Å². The van der Waals surface area contributed by atoms with Gasteiger partial charge in [0.05, 0.1) is 13.8 Å². The Hall–Kier alpha value is -1.35. The van der Waals surface area contributed by atoms with E-state index in [1.54, 1.807) is 0 Å². The third-order valence-corrected chi connectivity index (χ3v) is 4.74. The van der Waals surface area contributed by atoms with E-state index in [0.717, 1.165) is 17.0 Å². The van der Waals surface area contributed by atoms with Crippen molar-refractivity contribution in [3.63, 3.8) is 0 Å². The monoisotopic (exact) mass is 231 g/mol. The van der Waals surface area contributed by atoms with Crippen molar-refractivity contribution in [3.05, 3.63) is 36.0 Å². The van der Waals surface area contributed by atoms with E-state index in [1.807, 2.05) is 25.1 Å². The molecule has 84 valence electrons. The summed E-state index contributed by atoms with van der Waals surface area (Å²) in [5.74, 6) is 0.956. The molecule has 0 aliphatic rings. The third kappa shape index (κ3) is 1.95. The number of aryl methyl sites for hydroxylation is 1. The summed E-state index contributed by atoms with van der Waals surface area (Å²) in [6, 6.07) is 10.2. The number of hydrogen-bond donors (Lipinski definition) is 0. The second-order valence-electron chi connectivity index (χ2n) is 5.09. The molecule has 1 aromatic heterocycles. The Morgan fingerprint density at radius 2 is 1.69 bits per heavy atom. The van der Waals surface area contributed by atoms with E-state index in [2.05, 4.69) is 36.9 Å². The molecule has 0 atom stereocenters. The van der Waals surface area contributed by atoms with Gasteiger partial charge < -0.3 is 4.52 Å². The van der Waals surface area contributed by atoms with Crippen LogP contribution in [0.4, 0.5) is 0 Å². The molecule has 0 radical (unpaired) electrons. The number of hydrogen-bond acceptors (Lipinski definition) is 2. The van der Waals surface area contributed by atoms with E-state index in [9.17, 15) is 0 Å². The lowest BCUT2D eigenvalue weighted by Gasteiger charge is -2.16. The van der Waals surface area contributed by atoms with Crippen LogP contribution < -0.4 is 5.19 Å². The lowest BCUT2D eigenvalue weighted by molar-refractivity contribution is 0.427. The highest BCUT2D eigenvalue weighted by molar-refractivity contribution is 6.89. The molecule has 1 aromatic carbocycles. The largest absolute Gasteiger partial charge is 0.356 e. The third-order valence-electron chi connectivity index (χ3n) is 2.65. The zero-order chi connectivity index (χ0) is 11.8. The Morgan fingerprint density at radius 3 is 2.25 bits per heavy atom. The fourth-order valence-corrected chi connectivity index (χ4v) is 4.04. The minimum Gasteiger partial charge on any atom is -0.356 e. The van der Waals surface area contributed by atoms with Crippen LogP contribution in [0.25, 0.3) is 11.3 Å².